The summed E-state index contributed by atoms with van der Waals surface area (Å²) in [5, 5.41) is 10.2. The van der Waals surface area contributed by atoms with E-state index in [4.69, 9.17) is 9.47 Å². The van der Waals surface area contributed by atoms with Crippen LogP contribution in [0, 0.1) is 11.8 Å². The molecule has 0 spiro atoms. The molecule has 0 saturated heterocycles. The summed E-state index contributed by atoms with van der Waals surface area (Å²) in [6.07, 6.45) is 2.39. The predicted molar refractivity (Wildman–Crippen MR) is 88.1 cm³/mol. The quantitative estimate of drug-likeness (QED) is 0.559. The van der Waals surface area contributed by atoms with Crippen molar-refractivity contribution < 1.29 is 24.1 Å². The second kappa shape index (κ2) is 10.0. The number of benzene rings is 1. The van der Waals surface area contributed by atoms with E-state index in [1.54, 1.807) is 13.2 Å². The Morgan fingerprint density at radius 1 is 1.22 bits per heavy atom. The molecule has 1 N–H and O–H groups in total. The van der Waals surface area contributed by atoms with Gasteiger partial charge in [-0.1, -0.05) is 32.1 Å². The lowest BCUT2D eigenvalue weighted by atomic mass is 9.93. The zero-order valence-corrected chi connectivity index (χ0v) is 14.2. The summed E-state index contributed by atoms with van der Waals surface area (Å²) in [7, 11) is 2.95. The van der Waals surface area contributed by atoms with Crippen molar-refractivity contribution in [2.75, 3.05) is 20.8 Å². The smallest absolute Gasteiger partial charge is 0.330 e. The Hall–Kier alpha value is -1.85. The standard InChI is InChI=1S/C18H26O5/c1-13(5-10-17(19)22-4)18(20)14(2)11-23-12-15-6-8-16(21-3)9-7-15/h5-10,13-14,18,20H,11-12H2,1-4H3/b10-5+/t13-,14-,18+/m0/s1. The Balaban J connectivity index is 2.38. The molecule has 1 aromatic rings. The Labute approximate surface area is 137 Å². The van der Waals surface area contributed by atoms with Crippen LogP contribution in [0.25, 0.3) is 0 Å². The minimum atomic E-state index is -0.591. The zero-order valence-electron chi connectivity index (χ0n) is 14.2. The number of aliphatic hydroxyl groups is 1. The lowest BCUT2D eigenvalue weighted by molar-refractivity contribution is -0.134. The van der Waals surface area contributed by atoms with Crippen LogP contribution in [-0.4, -0.2) is 38.0 Å². The van der Waals surface area contributed by atoms with E-state index in [-0.39, 0.29) is 11.8 Å². The average molecular weight is 322 g/mol. The summed E-state index contributed by atoms with van der Waals surface area (Å²) in [6, 6.07) is 7.66. The van der Waals surface area contributed by atoms with Crippen molar-refractivity contribution in [2.24, 2.45) is 11.8 Å². The number of esters is 1. The molecule has 0 aromatic heterocycles. The lowest BCUT2D eigenvalue weighted by Gasteiger charge is -2.22. The third kappa shape index (κ3) is 6.84. The number of hydrogen-bond donors (Lipinski definition) is 1. The fourth-order valence-electron chi connectivity index (χ4n) is 2.11. The first-order valence-corrected chi connectivity index (χ1v) is 7.62. The van der Waals surface area contributed by atoms with Crippen LogP contribution in [0.15, 0.2) is 36.4 Å². The molecule has 0 fully saturated rings. The first-order chi connectivity index (χ1) is 11.0. The molecule has 0 aliphatic carbocycles. The third-order valence-corrected chi connectivity index (χ3v) is 3.67. The van der Waals surface area contributed by atoms with Crippen molar-refractivity contribution >= 4 is 5.97 Å². The van der Waals surface area contributed by atoms with Crippen molar-refractivity contribution in [3.8, 4) is 5.75 Å². The molecule has 0 heterocycles. The van der Waals surface area contributed by atoms with Crippen molar-refractivity contribution in [3.05, 3.63) is 42.0 Å². The molecule has 23 heavy (non-hydrogen) atoms. The Morgan fingerprint density at radius 2 is 1.87 bits per heavy atom. The number of ether oxygens (including phenoxy) is 3. The molecule has 5 heteroatoms. The highest BCUT2D eigenvalue weighted by molar-refractivity contribution is 5.81. The number of hydrogen-bond acceptors (Lipinski definition) is 5. The number of rotatable bonds is 9. The molecule has 0 amide bonds. The van der Waals surface area contributed by atoms with Gasteiger partial charge in [0, 0.05) is 17.9 Å². The molecule has 0 aliphatic rings. The van der Waals surface area contributed by atoms with Gasteiger partial charge in [-0.2, -0.15) is 0 Å². The van der Waals surface area contributed by atoms with Crippen molar-refractivity contribution in [1.82, 2.24) is 0 Å². The molecule has 1 aromatic carbocycles. The van der Waals surface area contributed by atoms with E-state index in [0.717, 1.165) is 11.3 Å². The first kappa shape index (κ1) is 19.2. The van der Waals surface area contributed by atoms with Gasteiger partial charge < -0.3 is 19.3 Å². The molecular formula is C18H26O5. The SMILES string of the molecule is COC(=O)/C=C/[C@H](C)[C@@H](O)[C@@H](C)COCc1ccc(OC)cc1. The molecule has 3 atom stereocenters. The van der Waals surface area contributed by atoms with Gasteiger partial charge in [0.2, 0.25) is 0 Å². The average Bonchev–Trinajstić information content (AvgIpc) is 2.58. The lowest BCUT2D eigenvalue weighted by Crippen LogP contribution is -2.28. The molecule has 0 radical (unpaired) electrons. The predicted octanol–water partition coefficient (Wildman–Crippen LogP) is 2.57. The Kier molecular flexibility index (Phi) is 8.37. The van der Waals surface area contributed by atoms with Gasteiger partial charge in [0.25, 0.3) is 0 Å². The monoisotopic (exact) mass is 322 g/mol. The number of carbonyl (C=O) groups is 1. The minimum Gasteiger partial charge on any atom is -0.497 e. The minimum absolute atomic E-state index is 0.0504. The summed E-state index contributed by atoms with van der Waals surface area (Å²) >= 11 is 0. The van der Waals surface area contributed by atoms with E-state index in [1.165, 1.54) is 13.2 Å². The highest BCUT2D eigenvalue weighted by Gasteiger charge is 2.19. The molecule has 0 saturated carbocycles. The maximum Gasteiger partial charge on any atom is 0.330 e. The third-order valence-electron chi connectivity index (χ3n) is 3.67. The number of aliphatic hydroxyl groups excluding tert-OH is 1. The van der Waals surface area contributed by atoms with Gasteiger partial charge in [-0.25, -0.2) is 4.79 Å². The van der Waals surface area contributed by atoms with Gasteiger partial charge >= 0.3 is 5.97 Å². The molecule has 1 rings (SSSR count). The second-order valence-corrected chi connectivity index (χ2v) is 5.57. The van der Waals surface area contributed by atoms with E-state index < -0.39 is 12.1 Å². The second-order valence-electron chi connectivity index (χ2n) is 5.57. The van der Waals surface area contributed by atoms with Crippen LogP contribution < -0.4 is 4.74 Å². The van der Waals surface area contributed by atoms with E-state index in [1.807, 2.05) is 38.1 Å². The largest absolute Gasteiger partial charge is 0.497 e. The fourth-order valence-corrected chi connectivity index (χ4v) is 2.11. The molecule has 5 nitrogen and oxygen atoms in total. The van der Waals surface area contributed by atoms with E-state index in [9.17, 15) is 9.90 Å². The van der Waals surface area contributed by atoms with E-state index in [2.05, 4.69) is 4.74 Å². The molecule has 0 bridgehead atoms. The van der Waals surface area contributed by atoms with Crippen LogP contribution >= 0.6 is 0 Å². The van der Waals surface area contributed by atoms with Gasteiger partial charge in [-0.05, 0) is 17.7 Å². The van der Waals surface area contributed by atoms with Gasteiger partial charge in [-0.3, -0.25) is 0 Å². The van der Waals surface area contributed by atoms with Crippen LogP contribution in [0.3, 0.4) is 0 Å². The number of carbonyl (C=O) groups excluding carboxylic acids is 1. The summed E-state index contributed by atoms with van der Waals surface area (Å²) in [5.74, 6) is 0.176. The van der Waals surface area contributed by atoms with Gasteiger partial charge in [0.05, 0.1) is 33.5 Å². The summed E-state index contributed by atoms with van der Waals surface area (Å²) in [6.45, 7) is 4.68. The Bertz CT molecular complexity index is 495. The van der Waals surface area contributed by atoms with Crippen molar-refractivity contribution in [1.29, 1.82) is 0 Å². The fraction of sp³-hybridized carbons (Fsp3) is 0.500. The summed E-state index contributed by atoms with van der Waals surface area (Å²) in [4.78, 5) is 11.1. The Morgan fingerprint density at radius 3 is 2.43 bits per heavy atom. The van der Waals surface area contributed by atoms with Gasteiger partial charge in [-0.15, -0.1) is 0 Å². The summed E-state index contributed by atoms with van der Waals surface area (Å²) < 4.78 is 15.3. The van der Waals surface area contributed by atoms with Crippen molar-refractivity contribution in [2.45, 2.75) is 26.6 Å². The normalized spacial score (nSPS) is 15.2. The highest BCUT2D eigenvalue weighted by atomic mass is 16.5. The zero-order chi connectivity index (χ0) is 17.2. The van der Waals surface area contributed by atoms with E-state index in [0.29, 0.717) is 13.2 Å². The van der Waals surface area contributed by atoms with Crippen LogP contribution in [0.1, 0.15) is 19.4 Å². The van der Waals surface area contributed by atoms with Gasteiger partial charge in [0.1, 0.15) is 5.75 Å². The topological polar surface area (TPSA) is 65.0 Å². The number of methoxy groups -OCH3 is 2. The van der Waals surface area contributed by atoms with Crippen LogP contribution in [0.4, 0.5) is 0 Å². The van der Waals surface area contributed by atoms with Crippen LogP contribution in [-0.2, 0) is 20.9 Å². The molecule has 0 unspecified atom stereocenters. The van der Waals surface area contributed by atoms with Crippen molar-refractivity contribution in [3.63, 3.8) is 0 Å². The molecule has 128 valence electrons. The summed E-state index contributed by atoms with van der Waals surface area (Å²) in [5.41, 5.74) is 1.05. The van der Waals surface area contributed by atoms with Crippen LogP contribution in [0.2, 0.25) is 0 Å². The van der Waals surface area contributed by atoms with Crippen LogP contribution in [0.5, 0.6) is 5.75 Å². The highest BCUT2D eigenvalue weighted by Crippen LogP contribution is 2.16. The molecular weight excluding hydrogens is 296 g/mol. The maximum absolute atomic E-state index is 11.1. The maximum atomic E-state index is 11.1. The van der Waals surface area contributed by atoms with Gasteiger partial charge in [0.15, 0.2) is 0 Å². The van der Waals surface area contributed by atoms with E-state index >= 15 is 0 Å². The first-order valence-electron chi connectivity index (χ1n) is 7.62. The molecule has 0 aliphatic heterocycles.